The SMILES string of the molecule is CCN(CC(C)C#N)C(=O)c1ccc(N)cc1F. The molecule has 0 aliphatic heterocycles. The maximum Gasteiger partial charge on any atom is 0.256 e. The van der Waals surface area contributed by atoms with E-state index in [1.54, 1.807) is 13.8 Å². The highest BCUT2D eigenvalue weighted by molar-refractivity contribution is 5.94. The third-order valence-corrected chi connectivity index (χ3v) is 2.61. The fraction of sp³-hybridized carbons (Fsp3) is 0.385. The molecule has 1 unspecified atom stereocenters. The van der Waals surface area contributed by atoms with Crippen molar-refractivity contribution in [3.63, 3.8) is 0 Å². The summed E-state index contributed by atoms with van der Waals surface area (Å²) in [5.74, 6) is -1.34. The number of carbonyl (C=O) groups excluding carboxylic acids is 1. The minimum absolute atomic E-state index is 0.0174. The summed E-state index contributed by atoms with van der Waals surface area (Å²) >= 11 is 0. The van der Waals surface area contributed by atoms with Crippen molar-refractivity contribution in [1.82, 2.24) is 4.90 Å². The highest BCUT2D eigenvalue weighted by Gasteiger charge is 2.19. The molecule has 1 aromatic carbocycles. The highest BCUT2D eigenvalue weighted by Crippen LogP contribution is 2.15. The molecule has 18 heavy (non-hydrogen) atoms. The first-order valence-corrected chi connectivity index (χ1v) is 5.73. The van der Waals surface area contributed by atoms with E-state index in [9.17, 15) is 9.18 Å². The summed E-state index contributed by atoms with van der Waals surface area (Å²) in [5.41, 5.74) is 5.69. The van der Waals surface area contributed by atoms with Crippen molar-refractivity contribution in [1.29, 1.82) is 5.26 Å². The van der Waals surface area contributed by atoms with Gasteiger partial charge >= 0.3 is 0 Å². The first-order valence-electron chi connectivity index (χ1n) is 5.73. The molecule has 1 atom stereocenters. The molecular weight excluding hydrogens is 233 g/mol. The van der Waals surface area contributed by atoms with E-state index in [-0.39, 0.29) is 23.7 Å². The molecule has 0 aliphatic carbocycles. The van der Waals surface area contributed by atoms with Crippen molar-refractivity contribution in [2.45, 2.75) is 13.8 Å². The number of amides is 1. The van der Waals surface area contributed by atoms with Crippen LogP contribution in [0, 0.1) is 23.1 Å². The van der Waals surface area contributed by atoms with Gasteiger partial charge in [0.25, 0.3) is 5.91 Å². The average Bonchev–Trinajstić information content (AvgIpc) is 2.34. The third kappa shape index (κ3) is 3.20. The zero-order valence-electron chi connectivity index (χ0n) is 10.5. The van der Waals surface area contributed by atoms with E-state index in [2.05, 4.69) is 6.07 Å². The highest BCUT2D eigenvalue weighted by atomic mass is 19.1. The van der Waals surface area contributed by atoms with Crippen LogP contribution < -0.4 is 5.73 Å². The number of benzene rings is 1. The van der Waals surface area contributed by atoms with Gasteiger partial charge in [0, 0.05) is 18.8 Å². The molecule has 0 radical (unpaired) electrons. The van der Waals surface area contributed by atoms with Gasteiger partial charge < -0.3 is 10.6 Å². The zero-order chi connectivity index (χ0) is 13.7. The van der Waals surface area contributed by atoms with Crippen molar-refractivity contribution < 1.29 is 9.18 Å². The standard InChI is InChI=1S/C13H16FN3O/c1-3-17(8-9(2)7-15)13(18)11-5-4-10(16)6-12(11)14/h4-6,9H,3,8,16H2,1-2H3. The van der Waals surface area contributed by atoms with Gasteiger partial charge in [-0.15, -0.1) is 0 Å². The van der Waals surface area contributed by atoms with Crippen molar-refractivity contribution in [2.24, 2.45) is 5.92 Å². The number of nitrogen functional groups attached to an aromatic ring is 1. The van der Waals surface area contributed by atoms with Gasteiger partial charge in [0.2, 0.25) is 0 Å². The lowest BCUT2D eigenvalue weighted by Crippen LogP contribution is -2.34. The van der Waals surface area contributed by atoms with Gasteiger partial charge in [0.05, 0.1) is 17.6 Å². The number of hydrogen-bond donors (Lipinski definition) is 1. The smallest absolute Gasteiger partial charge is 0.256 e. The molecule has 1 amide bonds. The Morgan fingerprint density at radius 1 is 1.61 bits per heavy atom. The lowest BCUT2D eigenvalue weighted by molar-refractivity contribution is 0.0748. The van der Waals surface area contributed by atoms with Crippen molar-refractivity contribution >= 4 is 11.6 Å². The van der Waals surface area contributed by atoms with Crippen LogP contribution in [0.1, 0.15) is 24.2 Å². The maximum atomic E-state index is 13.6. The number of carbonyl (C=O) groups is 1. The van der Waals surface area contributed by atoms with E-state index in [1.165, 1.54) is 17.0 Å². The number of nitrogens with zero attached hydrogens (tertiary/aromatic N) is 2. The Balaban J connectivity index is 2.94. The van der Waals surface area contributed by atoms with E-state index in [0.717, 1.165) is 6.07 Å². The number of nitriles is 1. The second-order valence-electron chi connectivity index (χ2n) is 4.11. The fourth-order valence-corrected chi connectivity index (χ4v) is 1.60. The Bertz CT molecular complexity index is 482. The fourth-order valence-electron chi connectivity index (χ4n) is 1.60. The van der Waals surface area contributed by atoms with Gasteiger partial charge in [-0.1, -0.05) is 0 Å². The van der Waals surface area contributed by atoms with E-state index < -0.39 is 11.7 Å². The van der Waals surface area contributed by atoms with Crippen LogP contribution in [0.3, 0.4) is 0 Å². The van der Waals surface area contributed by atoms with Gasteiger partial charge in [-0.2, -0.15) is 5.26 Å². The molecule has 0 saturated carbocycles. The lowest BCUT2D eigenvalue weighted by Gasteiger charge is -2.22. The van der Waals surface area contributed by atoms with Crippen LogP contribution in [0.5, 0.6) is 0 Å². The van der Waals surface area contributed by atoms with Gasteiger partial charge in [0.1, 0.15) is 5.82 Å². The van der Waals surface area contributed by atoms with E-state index in [0.29, 0.717) is 6.54 Å². The van der Waals surface area contributed by atoms with Crippen LogP contribution in [-0.4, -0.2) is 23.9 Å². The van der Waals surface area contributed by atoms with E-state index in [4.69, 9.17) is 11.0 Å². The number of halogens is 1. The predicted octanol–water partition coefficient (Wildman–Crippen LogP) is 2.03. The topological polar surface area (TPSA) is 70.1 Å². The monoisotopic (exact) mass is 249 g/mol. The molecular formula is C13H16FN3O. The average molecular weight is 249 g/mol. The summed E-state index contributed by atoms with van der Waals surface area (Å²) in [6.45, 7) is 4.22. The minimum atomic E-state index is -0.636. The number of hydrogen-bond acceptors (Lipinski definition) is 3. The van der Waals surface area contributed by atoms with Crippen LogP contribution in [0.4, 0.5) is 10.1 Å². The summed E-state index contributed by atoms with van der Waals surface area (Å²) < 4.78 is 13.6. The van der Waals surface area contributed by atoms with Crippen LogP contribution in [0.25, 0.3) is 0 Å². The molecule has 96 valence electrons. The third-order valence-electron chi connectivity index (χ3n) is 2.61. The molecule has 0 aromatic heterocycles. The summed E-state index contributed by atoms with van der Waals surface area (Å²) in [4.78, 5) is 13.5. The van der Waals surface area contributed by atoms with Crippen molar-refractivity contribution in [3.05, 3.63) is 29.6 Å². The van der Waals surface area contributed by atoms with Crippen molar-refractivity contribution in [3.8, 4) is 6.07 Å². The molecule has 0 saturated heterocycles. The first-order chi connectivity index (χ1) is 8.49. The molecule has 0 spiro atoms. The summed E-state index contributed by atoms with van der Waals surface area (Å²) in [6, 6.07) is 6.02. The van der Waals surface area contributed by atoms with Gasteiger partial charge in [-0.25, -0.2) is 4.39 Å². The number of nitrogens with two attached hydrogens (primary N) is 1. The van der Waals surface area contributed by atoms with Crippen molar-refractivity contribution in [2.75, 3.05) is 18.8 Å². The quantitative estimate of drug-likeness (QED) is 0.830. The van der Waals surface area contributed by atoms with Crippen LogP contribution >= 0.6 is 0 Å². The second kappa shape index (κ2) is 6.01. The molecule has 4 nitrogen and oxygen atoms in total. The predicted molar refractivity (Wildman–Crippen MR) is 67.2 cm³/mol. The Hall–Kier alpha value is -2.09. The molecule has 5 heteroatoms. The van der Waals surface area contributed by atoms with Crippen LogP contribution in [0.15, 0.2) is 18.2 Å². The molecule has 0 aliphatic rings. The molecule has 2 N–H and O–H groups in total. The zero-order valence-corrected chi connectivity index (χ0v) is 10.5. The second-order valence-corrected chi connectivity index (χ2v) is 4.11. The summed E-state index contributed by atoms with van der Waals surface area (Å²) in [5, 5.41) is 8.74. The molecule has 1 aromatic rings. The van der Waals surface area contributed by atoms with Gasteiger partial charge in [0.15, 0.2) is 0 Å². The Labute approximate surface area is 106 Å². The Morgan fingerprint density at radius 2 is 2.28 bits per heavy atom. The first kappa shape index (κ1) is 14.0. The summed E-state index contributed by atoms with van der Waals surface area (Å²) in [7, 11) is 0. The van der Waals surface area contributed by atoms with Gasteiger partial charge in [-0.05, 0) is 32.0 Å². The Kier molecular flexibility index (Phi) is 4.67. The molecule has 0 heterocycles. The van der Waals surface area contributed by atoms with E-state index >= 15 is 0 Å². The maximum absolute atomic E-state index is 13.6. The normalized spacial score (nSPS) is 11.7. The summed E-state index contributed by atoms with van der Waals surface area (Å²) in [6.07, 6.45) is 0. The number of rotatable bonds is 4. The number of anilines is 1. The van der Waals surface area contributed by atoms with Crippen LogP contribution in [-0.2, 0) is 0 Å². The molecule has 0 fully saturated rings. The lowest BCUT2D eigenvalue weighted by atomic mass is 10.1. The Morgan fingerprint density at radius 3 is 2.78 bits per heavy atom. The minimum Gasteiger partial charge on any atom is -0.399 e. The molecule has 1 rings (SSSR count). The van der Waals surface area contributed by atoms with E-state index in [1.807, 2.05) is 0 Å². The molecule has 0 bridgehead atoms. The largest absolute Gasteiger partial charge is 0.399 e. The van der Waals surface area contributed by atoms with Crippen LogP contribution in [0.2, 0.25) is 0 Å². The van der Waals surface area contributed by atoms with Gasteiger partial charge in [-0.3, -0.25) is 4.79 Å².